The molecule has 18 heavy (non-hydrogen) atoms. The first-order valence-electron chi connectivity index (χ1n) is 6.45. The highest BCUT2D eigenvalue weighted by atomic mass is 19.1. The Balaban J connectivity index is 1.84. The van der Waals surface area contributed by atoms with Gasteiger partial charge in [0.25, 0.3) is 5.91 Å². The number of nitrogens with one attached hydrogen (secondary N) is 1. The summed E-state index contributed by atoms with van der Waals surface area (Å²) >= 11 is 0. The normalized spacial score (nSPS) is 20.0. The lowest BCUT2D eigenvalue weighted by Crippen LogP contribution is -2.31. The largest absolute Gasteiger partial charge is 0.352 e. The van der Waals surface area contributed by atoms with E-state index in [4.69, 9.17) is 0 Å². The summed E-state index contributed by atoms with van der Waals surface area (Å²) < 4.78 is 13.4. The average molecular weight is 250 g/mol. The van der Waals surface area contributed by atoms with E-state index < -0.39 is 5.82 Å². The Morgan fingerprint density at radius 2 is 2.28 bits per heavy atom. The maximum absolute atomic E-state index is 13.4. The molecule has 1 N–H and O–H groups in total. The first-order chi connectivity index (χ1) is 8.70. The van der Waals surface area contributed by atoms with Gasteiger partial charge in [-0.25, -0.2) is 4.39 Å². The Hall–Kier alpha value is -1.42. The van der Waals surface area contributed by atoms with Crippen LogP contribution >= 0.6 is 0 Å². The molecule has 1 amide bonds. The molecule has 1 aliphatic heterocycles. The van der Waals surface area contributed by atoms with Gasteiger partial charge in [-0.05, 0) is 37.6 Å². The van der Waals surface area contributed by atoms with E-state index in [2.05, 4.69) is 17.1 Å². The molecule has 0 radical (unpaired) electrons. The quantitative estimate of drug-likeness (QED) is 0.885. The molecule has 98 valence electrons. The van der Waals surface area contributed by atoms with Crippen LogP contribution in [0.25, 0.3) is 0 Å². The minimum absolute atomic E-state index is 0.128. The summed E-state index contributed by atoms with van der Waals surface area (Å²) in [5.41, 5.74) is 0.128. The van der Waals surface area contributed by atoms with Gasteiger partial charge in [0, 0.05) is 13.1 Å². The third-order valence-corrected chi connectivity index (χ3v) is 3.49. The Morgan fingerprint density at radius 3 is 2.94 bits per heavy atom. The molecular formula is C14H19FN2O. The van der Waals surface area contributed by atoms with Gasteiger partial charge in [0.2, 0.25) is 0 Å². The Morgan fingerprint density at radius 1 is 1.50 bits per heavy atom. The topological polar surface area (TPSA) is 32.3 Å². The predicted octanol–water partition coefficient (Wildman–Crippen LogP) is 1.90. The summed E-state index contributed by atoms with van der Waals surface area (Å²) in [6.45, 7) is 5.94. The molecule has 1 atom stereocenters. The molecule has 4 heteroatoms. The second-order valence-corrected chi connectivity index (χ2v) is 4.74. The van der Waals surface area contributed by atoms with E-state index in [0.29, 0.717) is 12.5 Å². The van der Waals surface area contributed by atoms with Gasteiger partial charge in [-0.3, -0.25) is 4.79 Å². The molecule has 1 heterocycles. The molecule has 1 aliphatic rings. The summed E-state index contributed by atoms with van der Waals surface area (Å²) in [5.74, 6) is -0.291. The van der Waals surface area contributed by atoms with Crippen molar-refractivity contribution in [3.8, 4) is 0 Å². The smallest absolute Gasteiger partial charge is 0.254 e. The zero-order chi connectivity index (χ0) is 13.0. The van der Waals surface area contributed by atoms with Crippen LogP contribution in [-0.4, -0.2) is 37.0 Å². The van der Waals surface area contributed by atoms with Crippen LogP contribution in [-0.2, 0) is 0 Å². The van der Waals surface area contributed by atoms with Crippen molar-refractivity contribution in [2.24, 2.45) is 5.92 Å². The van der Waals surface area contributed by atoms with E-state index in [1.165, 1.54) is 12.1 Å². The number of nitrogens with zero attached hydrogens (tertiary/aromatic N) is 1. The lowest BCUT2D eigenvalue weighted by Gasteiger charge is -2.13. The summed E-state index contributed by atoms with van der Waals surface area (Å²) in [5, 5.41) is 2.82. The van der Waals surface area contributed by atoms with Gasteiger partial charge in [0.1, 0.15) is 5.82 Å². The van der Waals surface area contributed by atoms with Crippen molar-refractivity contribution >= 4 is 5.91 Å². The van der Waals surface area contributed by atoms with Gasteiger partial charge in [0.05, 0.1) is 5.56 Å². The van der Waals surface area contributed by atoms with Crippen LogP contribution in [0.15, 0.2) is 24.3 Å². The van der Waals surface area contributed by atoms with Crippen molar-refractivity contribution in [1.82, 2.24) is 10.2 Å². The molecule has 1 aromatic carbocycles. The Kier molecular flexibility index (Phi) is 4.31. The van der Waals surface area contributed by atoms with Gasteiger partial charge >= 0.3 is 0 Å². The Bertz CT molecular complexity index is 422. The molecule has 1 aromatic rings. The fourth-order valence-corrected chi connectivity index (χ4v) is 2.34. The number of benzene rings is 1. The molecular weight excluding hydrogens is 231 g/mol. The van der Waals surface area contributed by atoms with E-state index in [9.17, 15) is 9.18 Å². The maximum Gasteiger partial charge on any atom is 0.254 e. The molecule has 0 aliphatic carbocycles. The summed E-state index contributed by atoms with van der Waals surface area (Å²) in [7, 11) is 0. The number of likely N-dealkylation sites (tertiary alicyclic amines) is 1. The number of halogens is 1. The van der Waals surface area contributed by atoms with Crippen molar-refractivity contribution in [2.75, 3.05) is 26.2 Å². The van der Waals surface area contributed by atoms with Crippen LogP contribution in [0.2, 0.25) is 0 Å². The van der Waals surface area contributed by atoms with E-state index in [1.54, 1.807) is 12.1 Å². The van der Waals surface area contributed by atoms with Crippen LogP contribution in [0, 0.1) is 11.7 Å². The number of rotatable bonds is 4. The highest BCUT2D eigenvalue weighted by molar-refractivity contribution is 5.94. The zero-order valence-electron chi connectivity index (χ0n) is 10.7. The standard InChI is InChI=1S/C14H19FN2O/c1-2-17-8-7-11(10-17)9-16-14(18)12-5-3-4-6-13(12)15/h3-6,11H,2,7-10H2,1H3,(H,16,18). The third-order valence-electron chi connectivity index (χ3n) is 3.49. The lowest BCUT2D eigenvalue weighted by molar-refractivity contribution is 0.0943. The number of carbonyl (C=O) groups excluding carboxylic acids is 1. The average Bonchev–Trinajstić information content (AvgIpc) is 2.84. The fraction of sp³-hybridized carbons (Fsp3) is 0.500. The van der Waals surface area contributed by atoms with Crippen molar-refractivity contribution in [2.45, 2.75) is 13.3 Å². The van der Waals surface area contributed by atoms with Crippen molar-refractivity contribution in [1.29, 1.82) is 0 Å². The summed E-state index contributed by atoms with van der Waals surface area (Å²) in [6.07, 6.45) is 1.10. The highest BCUT2D eigenvalue weighted by Crippen LogP contribution is 2.15. The third kappa shape index (κ3) is 3.07. The minimum atomic E-state index is -0.461. The molecule has 0 aromatic heterocycles. The minimum Gasteiger partial charge on any atom is -0.352 e. The molecule has 1 unspecified atom stereocenters. The first-order valence-corrected chi connectivity index (χ1v) is 6.45. The highest BCUT2D eigenvalue weighted by Gasteiger charge is 2.21. The summed E-state index contributed by atoms with van der Waals surface area (Å²) in [4.78, 5) is 14.2. The van der Waals surface area contributed by atoms with Crippen LogP contribution in [0.5, 0.6) is 0 Å². The number of amides is 1. The van der Waals surface area contributed by atoms with Gasteiger partial charge in [-0.1, -0.05) is 19.1 Å². The maximum atomic E-state index is 13.4. The lowest BCUT2D eigenvalue weighted by atomic mass is 10.1. The molecule has 0 spiro atoms. The van der Waals surface area contributed by atoms with Crippen LogP contribution < -0.4 is 5.32 Å². The molecule has 3 nitrogen and oxygen atoms in total. The molecule has 2 rings (SSSR count). The fourth-order valence-electron chi connectivity index (χ4n) is 2.34. The van der Waals surface area contributed by atoms with E-state index >= 15 is 0 Å². The van der Waals surface area contributed by atoms with Crippen molar-refractivity contribution in [3.05, 3.63) is 35.6 Å². The molecule has 0 bridgehead atoms. The van der Waals surface area contributed by atoms with Crippen molar-refractivity contribution < 1.29 is 9.18 Å². The molecule has 1 saturated heterocycles. The summed E-state index contributed by atoms with van der Waals surface area (Å²) in [6, 6.07) is 6.08. The second kappa shape index (κ2) is 5.96. The molecule has 0 saturated carbocycles. The van der Waals surface area contributed by atoms with Crippen LogP contribution in [0.3, 0.4) is 0 Å². The number of hydrogen-bond acceptors (Lipinski definition) is 2. The number of carbonyl (C=O) groups is 1. The van der Waals surface area contributed by atoms with E-state index in [0.717, 1.165) is 26.1 Å². The zero-order valence-corrected chi connectivity index (χ0v) is 10.7. The van der Waals surface area contributed by atoms with Gasteiger partial charge in [-0.2, -0.15) is 0 Å². The predicted molar refractivity (Wildman–Crippen MR) is 69.0 cm³/mol. The monoisotopic (exact) mass is 250 g/mol. The van der Waals surface area contributed by atoms with E-state index in [-0.39, 0.29) is 11.5 Å². The Labute approximate surface area is 107 Å². The van der Waals surface area contributed by atoms with Crippen molar-refractivity contribution in [3.63, 3.8) is 0 Å². The second-order valence-electron chi connectivity index (χ2n) is 4.74. The van der Waals surface area contributed by atoms with Crippen LogP contribution in [0.1, 0.15) is 23.7 Å². The van der Waals surface area contributed by atoms with Gasteiger partial charge in [0.15, 0.2) is 0 Å². The first kappa shape index (κ1) is 13.0. The molecule has 1 fully saturated rings. The van der Waals surface area contributed by atoms with Gasteiger partial charge in [-0.15, -0.1) is 0 Å². The van der Waals surface area contributed by atoms with Gasteiger partial charge < -0.3 is 10.2 Å². The SMILES string of the molecule is CCN1CCC(CNC(=O)c2ccccc2F)C1. The van der Waals surface area contributed by atoms with Crippen LogP contribution in [0.4, 0.5) is 4.39 Å². The van der Waals surface area contributed by atoms with E-state index in [1.807, 2.05) is 0 Å². The number of hydrogen-bond donors (Lipinski definition) is 1.